The first-order chi connectivity index (χ1) is 34.7. The molecule has 2 heterocycles. The van der Waals surface area contributed by atoms with E-state index in [1.807, 2.05) is 0 Å². The van der Waals surface area contributed by atoms with E-state index in [4.69, 9.17) is 0 Å². The first-order valence-corrected chi connectivity index (χ1v) is 24.5. The largest absolute Gasteiger partial charge is 0.310 e. The monoisotopic (exact) mass is 886 g/mol. The maximum absolute atomic E-state index is 2.56. The quantitative estimate of drug-likeness (QED) is 0.171. The summed E-state index contributed by atoms with van der Waals surface area (Å²) in [5.41, 5.74) is 27.0. The molecule has 324 valence electrons. The first kappa shape index (κ1) is 38.0. The smallest absolute Gasteiger partial charge is 0.0754 e. The molecule has 1 aromatic heterocycles. The molecule has 70 heavy (non-hydrogen) atoms. The molecular formula is C68H42N2. The Labute approximate surface area is 406 Å². The molecule has 1 aliphatic heterocycles. The number of aromatic nitrogens is 1. The highest BCUT2D eigenvalue weighted by Gasteiger charge is 2.53. The van der Waals surface area contributed by atoms with Crippen LogP contribution in [0.15, 0.2) is 255 Å². The minimum atomic E-state index is -0.462. The van der Waals surface area contributed by atoms with E-state index in [0.717, 1.165) is 17.1 Å². The summed E-state index contributed by atoms with van der Waals surface area (Å²) < 4.78 is 2.56. The molecule has 12 aromatic rings. The normalized spacial score (nSPS) is 14.2. The van der Waals surface area contributed by atoms with E-state index in [2.05, 4.69) is 264 Å². The van der Waals surface area contributed by atoms with Crippen molar-refractivity contribution in [3.63, 3.8) is 0 Å². The van der Waals surface area contributed by atoms with E-state index < -0.39 is 10.8 Å². The average Bonchev–Trinajstić information content (AvgIpc) is 4.12. The summed E-state index contributed by atoms with van der Waals surface area (Å²) in [4.78, 5) is 2.50. The van der Waals surface area contributed by atoms with Gasteiger partial charge in [0.2, 0.25) is 0 Å². The van der Waals surface area contributed by atoms with E-state index in [0.29, 0.717) is 0 Å². The van der Waals surface area contributed by atoms with Gasteiger partial charge in [-0.2, -0.15) is 0 Å². The zero-order valence-corrected chi connectivity index (χ0v) is 38.1. The van der Waals surface area contributed by atoms with E-state index >= 15 is 0 Å². The Bertz CT molecular complexity index is 4100. The predicted molar refractivity (Wildman–Crippen MR) is 288 cm³/mol. The van der Waals surface area contributed by atoms with Crippen LogP contribution in [0.1, 0.15) is 44.5 Å². The molecule has 16 rings (SSSR count). The summed E-state index contributed by atoms with van der Waals surface area (Å²) in [7, 11) is 0. The SMILES string of the molecule is c1ccc(-c2cccc(N(c3ccc4c(c3)C3(c5ccccc5-c5ccccc53)c3ccccc3-4)c3ccc4c(c3)c3cccc5c3n4-c3ccccc3C53c4ccccc4-c4ccccc43)c2)cc1. The van der Waals surface area contributed by atoms with Crippen molar-refractivity contribution in [3.05, 3.63) is 299 Å². The Kier molecular flexibility index (Phi) is 7.51. The number of hydrogen-bond donors (Lipinski definition) is 0. The molecule has 3 aliphatic carbocycles. The van der Waals surface area contributed by atoms with Gasteiger partial charge in [-0.25, -0.2) is 0 Å². The van der Waals surface area contributed by atoms with E-state index in [9.17, 15) is 0 Å². The van der Waals surface area contributed by atoms with Crippen LogP contribution in [0.5, 0.6) is 0 Å². The lowest BCUT2D eigenvalue weighted by Gasteiger charge is -2.39. The summed E-state index contributed by atoms with van der Waals surface area (Å²) in [6.45, 7) is 0. The summed E-state index contributed by atoms with van der Waals surface area (Å²) >= 11 is 0. The minimum absolute atomic E-state index is 0.462. The zero-order chi connectivity index (χ0) is 45.7. The van der Waals surface area contributed by atoms with Gasteiger partial charge in [0.1, 0.15) is 0 Å². The molecule has 0 fully saturated rings. The maximum atomic E-state index is 2.56. The number of anilines is 3. The van der Waals surface area contributed by atoms with Gasteiger partial charge in [-0.05, 0) is 138 Å². The molecule has 0 bridgehead atoms. The third kappa shape index (κ3) is 4.64. The first-order valence-electron chi connectivity index (χ1n) is 24.5. The van der Waals surface area contributed by atoms with Crippen molar-refractivity contribution in [2.75, 3.05) is 4.90 Å². The van der Waals surface area contributed by atoms with Crippen molar-refractivity contribution in [1.82, 2.24) is 4.57 Å². The molecule has 0 saturated heterocycles. The Morgan fingerprint density at radius 2 is 0.714 bits per heavy atom. The molecule has 0 amide bonds. The van der Waals surface area contributed by atoms with Crippen molar-refractivity contribution >= 4 is 38.9 Å². The summed E-state index contributed by atoms with van der Waals surface area (Å²) in [6, 6.07) is 95.9. The second-order valence-corrected chi connectivity index (χ2v) is 19.5. The maximum Gasteiger partial charge on any atom is 0.0754 e. The molecule has 2 heteroatoms. The molecule has 2 spiro atoms. The Hall–Kier alpha value is -8.98. The van der Waals surface area contributed by atoms with E-state index in [-0.39, 0.29) is 0 Å². The van der Waals surface area contributed by atoms with Gasteiger partial charge in [-0.15, -0.1) is 0 Å². The van der Waals surface area contributed by atoms with Crippen molar-refractivity contribution in [1.29, 1.82) is 0 Å². The van der Waals surface area contributed by atoms with Gasteiger partial charge >= 0.3 is 0 Å². The highest BCUT2D eigenvalue weighted by atomic mass is 15.1. The fourth-order valence-electron chi connectivity index (χ4n) is 13.8. The third-order valence-electron chi connectivity index (χ3n) is 16.4. The third-order valence-corrected chi connectivity index (χ3v) is 16.4. The van der Waals surface area contributed by atoms with Gasteiger partial charge in [0.05, 0.1) is 27.6 Å². The van der Waals surface area contributed by atoms with Crippen LogP contribution < -0.4 is 4.90 Å². The molecule has 0 unspecified atom stereocenters. The van der Waals surface area contributed by atoms with Crippen LogP contribution in [0.4, 0.5) is 17.1 Å². The zero-order valence-electron chi connectivity index (χ0n) is 38.1. The average molecular weight is 887 g/mol. The van der Waals surface area contributed by atoms with Crippen LogP contribution in [0.2, 0.25) is 0 Å². The number of nitrogens with zero attached hydrogens (tertiary/aromatic N) is 2. The second-order valence-electron chi connectivity index (χ2n) is 19.5. The Morgan fingerprint density at radius 1 is 0.271 bits per heavy atom. The number of benzene rings is 11. The lowest BCUT2D eigenvalue weighted by molar-refractivity contribution is 0.748. The Morgan fingerprint density at radius 3 is 1.33 bits per heavy atom. The molecule has 0 saturated carbocycles. The van der Waals surface area contributed by atoms with E-state index in [1.54, 1.807) is 0 Å². The summed E-state index contributed by atoms with van der Waals surface area (Å²) in [6.07, 6.45) is 0. The lowest BCUT2D eigenvalue weighted by atomic mass is 9.65. The van der Waals surface area contributed by atoms with Gasteiger partial charge in [-0.1, -0.05) is 206 Å². The van der Waals surface area contributed by atoms with Crippen LogP contribution in [0, 0.1) is 0 Å². The fraction of sp³-hybridized carbons (Fsp3) is 0.0294. The van der Waals surface area contributed by atoms with Gasteiger partial charge < -0.3 is 9.47 Å². The number of para-hydroxylation sites is 2. The summed E-state index contributed by atoms with van der Waals surface area (Å²) in [5, 5.41) is 2.49. The van der Waals surface area contributed by atoms with Gasteiger partial charge in [0, 0.05) is 27.8 Å². The molecule has 0 N–H and O–H groups in total. The van der Waals surface area contributed by atoms with E-state index in [1.165, 1.54) is 117 Å². The van der Waals surface area contributed by atoms with Gasteiger partial charge in [-0.3, -0.25) is 0 Å². The molecule has 4 aliphatic rings. The standard InChI is InChI=1S/C68H42N2/c1-2-18-43(19-3-1)44-20-16-21-45(40-44)69(47-36-38-53-52-26-8-11-30-58(52)67(63(53)42-47)56-28-9-4-22-48(56)49-23-5-10-29-57(49)67)46-37-39-64-55(41-46)54-27-17-34-62-66(54)70(64)65-35-15-14-33-61(65)68(62)59-31-12-6-24-50(59)51-25-7-13-32-60(51)68/h1-42H. The number of hydrogen-bond acceptors (Lipinski definition) is 1. The van der Waals surface area contributed by atoms with Crippen molar-refractivity contribution in [2.45, 2.75) is 10.8 Å². The van der Waals surface area contributed by atoms with Gasteiger partial charge in [0.15, 0.2) is 0 Å². The second kappa shape index (κ2) is 13.8. The summed E-state index contributed by atoms with van der Waals surface area (Å²) in [5.74, 6) is 0. The lowest BCUT2D eigenvalue weighted by Crippen LogP contribution is -2.33. The van der Waals surface area contributed by atoms with Crippen LogP contribution in [-0.4, -0.2) is 4.57 Å². The minimum Gasteiger partial charge on any atom is -0.310 e. The molecule has 0 radical (unpaired) electrons. The highest BCUT2D eigenvalue weighted by Crippen LogP contribution is 2.64. The topological polar surface area (TPSA) is 8.17 Å². The van der Waals surface area contributed by atoms with Crippen LogP contribution in [0.25, 0.3) is 72.0 Å². The Balaban J connectivity index is 0.967. The van der Waals surface area contributed by atoms with Crippen molar-refractivity contribution < 1.29 is 0 Å². The molecular weight excluding hydrogens is 845 g/mol. The van der Waals surface area contributed by atoms with Gasteiger partial charge in [0.25, 0.3) is 0 Å². The predicted octanol–water partition coefficient (Wildman–Crippen LogP) is 16.9. The van der Waals surface area contributed by atoms with Crippen molar-refractivity contribution in [2.24, 2.45) is 0 Å². The molecule has 11 aromatic carbocycles. The van der Waals surface area contributed by atoms with Crippen LogP contribution in [-0.2, 0) is 10.8 Å². The fourth-order valence-corrected chi connectivity index (χ4v) is 13.8. The van der Waals surface area contributed by atoms with Crippen LogP contribution >= 0.6 is 0 Å². The molecule has 2 nitrogen and oxygen atoms in total. The highest BCUT2D eigenvalue weighted by molar-refractivity contribution is 6.14. The number of rotatable bonds is 4. The van der Waals surface area contributed by atoms with Crippen LogP contribution in [0.3, 0.4) is 0 Å². The van der Waals surface area contributed by atoms with Crippen molar-refractivity contribution in [3.8, 4) is 50.2 Å². The number of fused-ring (bicyclic) bond motifs is 22. The molecule has 0 atom stereocenters.